The van der Waals surface area contributed by atoms with Crippen LogP contribution in [0.5, 0.6) is 5.75 Å². The van der Waals surface area contributed by atoms with Gasteiger partial charge in [0, 0.05) is 19.4 Å². The minimum absolute atomic E-state index is 0.0911. The first-order valence-corrected chi connectivity index (χ1v) is 8.37. The highest BCUT2D eigenvalue weighted by Crippen LogP contribution is 2.15. The lowest BCUT2D eigenvalue weighted by molar-refractivity contribution is -0.146. The summed E-state index contributed by atoms with van der Waals surface area (Å²) in [5, 5.41) is 20.4. The van der Waals surface area contributed by atoms with Crippen LogP contribution in [0.3, 0.4) is 0 Å². The monoisotopic (exact) mass is 339 g/mol. The van der Waals surface area contributed by atoms with Gasteiger partial charge < -0.3 is 14.9 Å². The number of fused-ring (bicyclic) bond motifs is 1. The molecule has 2 aromatic rings. The highest BCUT2D eigenvalue weighted by Gasteiger charge is 2.13. The maximum atomic E-state index is 10.7. The molecule has 2 aromatic carbocycles. The molecule has 0 fully saturated rings. The molecule has 5 heteroatoms. The Balaban J connectivity index is 1.58. The van der Waals surface area contributed by atoms with Gasteiger partial charge in [0.25, 0.3) is 0 Å². The van der Waals surface area contributed by atoms with Crippen molar-refractivity contribution < 1.29 is 19.7 Å². The van der Waals surface area contributed by atoms with Gasteiger partial charge in [0.1, 0.15) is 5.75 Å². The Bertz CT molecular complexity index is 858. The first-order valence-electron chi connectivity index (χ1n) is 8.37. The van der Waals surface area contributed by atoms with Crippen LogP contribution >= 0.6 is 0 Å². The zero-order valence-electron chi connectivity index (χ0n) is 13.9. The average molecular weight is 339 g/mol. The van der Waals surface area contributed by atoms with E-state index in [0.717, 1.165) is 36.1 Å². The molecule has 1 atom stereocenters. The maximum Gasteiger partial charge on any atom is 0.332 e. The van der Waals surface area contributed by atoms with Gasteiger partial charge in [-0.2, -0.15) is 0 Å². The van der Waals surface area contributed by atoms with Gasteiger partial charge in [-0.3, -0.25) is 4.99 Å². The van der Waals surface area contributed by atoms with E-state index in [0.29, 0.717) is 6.61 Å². The fourth-order valence-corrected chi connectivity index (χ4v) is 2.94. The van der Waals surface area contributed by atoms with E-state index in [2.05, 4.69) is 11.1 Å². The number of aliphatic hydroxyl groups is 1. The van der Waals surface area contributed by atoms with E-state index < -0.39 is 12.1 Å². The van der Waals surface area contributed by atoms with Crippen molar-refractivity contribution in [3.63, 3.8) is 0 Å². The summed E-state index contributed by atoms with van der Waals surface area (Å²) in [5.74, 6) is -0.472. The number of benzene rings is 2. The van der Waals surface area contributed by atoms with Crippen LogP contribution in [-0.2, 0) is 11.2 Å². The van der Waals surface area contributed by atoms with Gasteiger partial charge in [0.05, 0.1) is 12.0 Å². The number of hydrogen-bond donors (Lipinski definition) is 2. The quantitative estimate of drug-likeness (QED) is 0.797. The molecule has 3 rings (SSSR count). The Morgan fingerprint density at radius 2 is 1.92 bits per heavy atom. The fraction of sp³-hybridized carbons (Fsp3) is 0.300. The van der Waals surface area contributed by atoms with Crippen LogP contribution in [0.25, 0.3) is 5.57 Å². The van der Waals surface area contributed by atoms with Gasteiger partial charge in [-0.1, -0.05) is 35.9 Å². The molecular formula is C20H21NO4. The number of ether oxygens (including phenoxy) is 1. The van der Waals surface area contributed by atoms with E-state index in [4.69, 9.17) is 9.84 Å². The summed E-state index contributed by atoms with van der Waals surface area (Å²) in [7, 11) is 0. The van der Waals surface area contributed by atoms with E-state index in [1.807, 2.05) is 18.2 Å². The summed E-state index contributed by atoms with van der Waals surface area (Å²) in [4.78, 5) is 15.2. The molecule has 1 heterocycles. The van der Waals surface area contributed by atoms with E-state index in [-0.39, 0.29) is 6.42 Å². The molecular weight excluding hydrogens is 318 g/mol. The van der Waals surface area contributed by atoms with Crippen LogP contribution < -0.4 is 15.3 Å². The molecule has 0 aliphatic carbocycles. The molecule has 130 valence electrons. The molecule has 0 radical (unpaired) electrons. The van der Waals surface area contributed by atoms with Crippen LogP contribution in [0.4, 0.5) is 0 Å². The van der Waals surface area contributed by atoms with Crippen LogP contribution in [0.2, 0.25) is 0 Å². The molecule has 0 amide bonds. The number of carbonyl (C=O) groups is 1. The number of rotatable bonds is 7. The summed E-state index contributed by atoms with van der Waals surface area (Å²) < 4.78 is 5.80. The Kier molecular flexibility index (Phi) is 5.46. The number of aliphatic carboxylic acids is 1. The second-order valence-corrected chi connectivity index (χ2v) is 6.05. The molecule has 2 N–H and O–H groups in total. The zero-order valence-corrected chi connectivity index (χ0v) is 13.9. The Morgan fingerprint density at radius 3 is 2.68 bits per heavy atom. The molecule has 5 nitrogen and oxygen atoms in total. The normalized spacial score (nSPS) is 14.4. The topological polar surface area (TPSA) is 79.1 Å². The number of carboxylic acids is 1. The summed E-state index contributed by atoms with van der Waals surface area (Å²) in [6, 6.07) is 15.4. The van der Waals surface area contributed by atoms with Gasteiger partial charge in [0.15, 0.2) is 6.10 Å². The van der Waals surface area contributed by atoms with Crippen LogP contribution in [0.15, 0.2) is 53.5 Å². The summed E-state index contributed by atoms with van der Waals surface area (Å²) in [6.07, 6.45) is 0.534. The SMILES string of the molecule is O=C(O)C(O)Cc1ccc(OCCC2=c3ccccc3=NCC2)cc1. The summed E-state index contributed by atoms with van der Waals surface area (Å²) in [6.45, 7) is 1.41. The molecule has 0 bridgehead atoms. The molecule has 1 unspecified atom stereocenters. The van der Waals surface area contributed by atoms with E-state index >= 15 is 0 Å². The van der Waals surface area contributed by atoms with Crippen molar-refractivity contribution >= 4 is 11.5 Å². The molecule has 0 saturated carbocycles. The minimum atomic E-state index is -1.38. The molecule has 0 aromatic heterocycles. The largest absolute Gasteiger partial charge is 0.493 e. The lowest BCUT2D eigenvalue weighted by atomic mass is 10.0. The third kappa shape index (κ3) is 4.45. The summed E-state index contributed by atoms with van der Waals surface area (Å²) >= 11 is 0. The number of carboxylic acid groups (broad SMARTS) is 1. The zero-order chi connectivity index (χ0) is 17.6. The summed E-state index contributed by atoms with van der Waals surface area (Å²) in [5.41, 5.74) is 2.13. The van der Waals surface area contributed by atoms with Crippen LogP contribution in [-0.4, -0.2) is 35.4 Å². The van der Waals surface area contributed by atoms with Gasteiger partial charge >= 0.3 is 5.97 Å². The average Bonchev–Trinajstić information content (AvgIpc) is 2.63. The highest BCUT2D eigenvalue weighted by atomic mass is 16.5. The standard InChI is InChI=1S/C20H21NO4/c22-19(20(23)24)13-14-5-7-16(8-6-14)25-12-10-15-9-11-21-18-4-2-1-3-17(15)18/h1-8,19,22H,9-13H2,(H,23,24). The van der Waals surface area contributed by atoms with Crippen molar-refractivity contribution in [3.8, 4) is 5.75 Å². The van der Waals surface area contributed by atoms with Crippen molar-refractivity contribution in [3.05, 3.63) is 64.7 Å². The third-order valence-corrected chi connectivity index (χ3v) is 4.29. The van der Waals surface area contributed by atoms with Crippen LogP contribution in [0, 0.1) is 0 Å². The van der Waals surface area contributed by atoms with Gasteiger partial charge in [-0.05, 0) is 35.4 Å². The Morgan fingerprint density at radius 1 is 1.16 bits per heavy atom. The van der Waals surface area contributed by atoms with Gasteiger partial charge in [-0.25, -0.2) is 4.79 Å². The first kappa shape index (κ1) is 17.2. The molecule has 0 saturated heterocycles. The van der Waals surface area contributed by atoms with Gasteiger partial charge in [0.2, 0.25) is 0 Å². The maximum absolute atomic E-state index is 10.7. The van der Waals surface area contributed by atoms with Crippen molar-refractivity contribution in [2.24, 2.45) is 4.99 Å². The van der Waals surface area contributed by atoms with Crippen LogP contribution in [0.1, 0.15) is 18.4 Å². The van der Waals surface area contributed by atoms with Crippen molar-refractivity contribution in [2.45, 2.75) is 25.4 Å². The number of nitrogens with zero attached hydrogens (tertiary/aromatic N) is 1. The van der Waals surface area contributed by atoms with Gasteiger partial charge in [-0.15, -0.1) is 0 Å². The molecule has 0 spiro atoms. The minimum Gasteiger partial charge on any atom is -0.493 e. The van der Waals surface area contributed by atoms with Crippen molar-refractivity contribution in [1.29, 1.82) is 0 Å². The van der Waals surface area contributed by atoms with E-state index in [1.165, 1.54) is 10.8 Å². The first-order chi connectivity index (χ1) is 12.1. The second kappa shape index (κ2) is 7.94. The second-order valence-electron chi connectivity index (χ2n) is 6.05. The number of hydrogen-bond acceptors (Lipinski definition) is 4. The third-order valence-electron chi connectivity index (χ3n) is 4.29. The molecule has 25 heavy (non-hydrogen) atoms. The van der Waals surface area contributed by atoms with Crippen molar-refractivity contribution in [2.75, 3.05) is 13.2 Å². The Hall–Kier alpha value is -2.66. The number of aliphatic hydroxyl groups excluding tert-OH is 1. The van der Waals surface area contributed by atoms with Crippen molar-refractivity contribution in [1.82, 2.24) is 0 Å². The molecule has 1 aliphatic rings. The Labute approximate surface area is 145 Å². The fourth-order valence-electron chi connectivity index (χ4n) is 2.94. The predicted molar refractivity (Wildman–Crippen MR) is 94.0 cm³/mol. The lowest BCUT2D eigenvalue weighted by Gasteiger charge is -2.12. The smallest absolute Gasteiger partial charge is 0.332 e. The highest BCUT2D eigenvalue weighted by molar-refractivity contribution is 5.72. The predicted octanol–water partition coefficient (Wildman–Crippen LogP) is 1.32. The molecule has 1 aliphatic heterocycles. The van der Waals surface area contributed by atoms with E-state index in [1.54, 1.807) is 24.3 Å². The number of para-hydroxylation sites is 1. The van der Waals surface area contributed by atoms with E-state index in [9.17, 15) is 9.90 Å². The lowest BCUT2D eigenvalue weighted by Crippen LogP contribution is -2.31.